The number of carbonyl (C=O) groups excluding carboxylic acids is 2. The number of carbonyl (C=O) groups is 2. The van der Waals surface area contributed by atoms with E-state index < -0.39 is 17.7 Å². The predicted molar refractivity (Wildman–Crippen MR) is 64.6 cm³/mol. The monoisotopic (exact) mass is 218 g/mol. The minimum absolute atomic E-state index is 0. The Morgan fingerprint density at radius 3 is 2.40 bits per heavy atom. The second kappa shape index (κ2) is 7.40. The van der Waals surface area contributed by atoms with Crippen molar-refractivity contribution in [3.8, 4) is 0 Å². The summed E-state index contributed by atoms with van der Waals surface area (Å²) in [4.78, 5) is 22.4. The van der Waals surface area contributed by atoms with Crippen molar-refractivity contribution in [2.45, 2.75) is 58.5 Å². The number of rotatable bonds is 5. The van der Waals surface area contributed by atoms with E-state index >= 15 is 0 Å². The Kier molecular flexibility index (Phi) is 6.96. The van der Waals surface area contributed by atoms with Gasteiger partial charge in [0, 0.05) is 8.90 Å². The molecule has 0 bridgehead atoms. The van der Waals surface area contributed by atoms with Crippen LogP contribution in [0.25, 0.3) is 0 Å². The van der Waals surface area contributed by atoms with E-state index in [0.717, 1.165) is 19.3 Å². The molecule has 1 unspecified atom stereocenters. The summed E-state index contributed by atoms with van der Waals surface area (Å²) in [5.74, 6) is -0.989. The second-order valence-electron chi connectivity index (χ2n) is 3.51. The van der Waals surface area contributed by atoms with E-state index in [9.17, 15) is 9.59 Å². The van der Waals surface area contributed by atoms with Gasteiger partial charge in [-0.25, -0.2) is 0 Å². The van der Waals surface area contributed by atoms with E-state index in [1.54, 1.807) is 0 Å². The topological polar surface area (TPSA) is 72.2 Å². The number of Topliss-reactive ketones (excluding diaryl/α,β-unsaturated/α-hetero) is 1. The lowest BCUT2D eigenvalue weighted by atomic mass is 10.1. The van der Waals surface area contributed by atoms with Gasteiger partial charge < -0.3 is 11.1 Å². The summed E-state index contributed by atoms with van der Waals surface area (Å²) in [5.41, 5.74) is 5.51. The van der Waals surface area contributed by atoms with Crippen LogP contribution in [-0.2, 0) is 9.59 Å². The van der Waals surface area contributed by atoms with Crippen molar-refractivity contribution in [3.05, 3.63) is 0 Å². The van der Waals surface area contributed by atoms with Gasteiger partial charge >= 0.3 is 0 Å². The van der Waals surface area contributed by atoms with Crippen LogP contribution in [0.1, 0.15) is 49.3 Å². The smallest absolute Gasteiger partial charge is 0.289 e. The molecular formula is C11H26N2O2. The Morgan fingerprint density at radius 2 is 2.00 bits per heavy atom. The molecule has 0 aromatic rings. The average molecular weight is 218 g/mol. The summed E-state index contributed by atoms with van der Waals surface area (Å²) in [6.45, 7) is 5.94. The van der Waals surface area contributed by atoms with Crippen molar-refractivity contribution in [1.82, 2.24) is 5.32 Å². The maximum Gasteiger partial charge on any atom is 0.289 e. The standard InChI is InChI=1S/C9H16N2O2.C2H6.2H2/c1-2-3-7(10)8(12)9(13)11-6-4-5-6;1-2;;/h6-7H,2-5,10H2,1H3,(H,11,13);1-2H3;2*1H. The van der Waals surface area contributed by atoms with Gasteiger partial charge in [0.1, 0.15) is 0 Å². The van der Waals surface area contributed by atoms with Gasteiger partial charge in [-0.05, 0) is 19.3 Å². The summed E-state index contributed by atoms with van der Waals surface area (Å²) in [6.07, 6.45) is 3.38. The molecule has 1 aliphatic rings. The molecular weight excluding hydrogens is 192 g/mol. The molecule has 15 heavy (non-hydrogen) atoms. The van der Waals surface area contributed by atoms with Crippen LogP contribution in [0.3, 0.4) is 0 Å². The van der Waals surface area contributed by atoms with E-state index in [2.05, 4.69) is 5.32 Å². The highest BCUT2D eigenvalue weighted by Gasteiger charge is 2.28. The van der Waals surface area contributed by atoms with Gasteiger partial charge in [-0.15, -0.1) is 0 Å². The number of nitrogens with two attached hydrogens (primary N) is 1. The Hall–Kier alpha value is -0.900. The average Bonchev–Trinajstić information content (AvgIpc) is 3.04. The first-order valence-corrected chi connectivity index (χ1v) is 5.75. The maximum atomic E-state index is 11.3. The zero-order chi connectivity index (χ0) is 11.8. The minimum Gasteiger partial charge on any atom is -0.347 e. The van der Waals surface area contributed by atoms with Gasteiger partial charge in [0.2, 0.25) is 5.78 Å². The Balaban J connectivity index is -0.000000464. The van der Waals surface area contributed by atoms with Crippen molar-refractivity contribution < 1.29 is 12.4 Å². The van der Waals surface area contributed by atoms with Crippen LogP contribution < -0.4 is 11.1 Å². The van der Waals surface area contributed by atoms with Crippen LogP contribution >= 0.6 is 0 Å². The lowest BCUT2D eigenvalue weighted by Crippen LogP contribution is -2.43. The molecule has 1 saturated carbocycles. The minimum atomic E-state index is -0.622. The van der Waals surface area contributed by atoms with Gasteiger partial charge in [-0.3, -0.25) is 9.59 Å². The summed E-state index contributed by atoms with van der Waals surface area (Å²) in [6, 6.07) is -0.394. The molecule has 4 heteroatoms. The molecule has 0 aliphatic heterocycles. The van der Waals surface area contributed by atoms with E-state index in [4.69, 9.17) is 5.73 Å². The first-order valence-electron chi connectivity index (χ1n) is 5.75. The van der Waals surface area contributed by atoms with Gasteiger partial charge in [-0.1, -0.05) is 27.2 Å². The lowest BCUT2D eigenvalue weighted by molar-refractivity contribution is -0.138. The van der Waals surface area contributed by atoms with Gasteiger partial charge in [-0.2, -0.15) is 0 Å². The molecule has 0 aromatic carbocycles. The molecule has 1 atom stereocenters. The van der Waals surface area contributed by atoms with Crippen LogP contribution in [0, 0.1) is 0 Å². The van der Waals surface area contributed by atoms with Gasteiger partial charge in [0.15, 0.2) is 0 Å². The molecule has 0 radical (unpaired) electrons. The fourth-order valence-electron chi connectivity index (χ4n) is 1.09. The van der Waals surface area contributed by atoms with Crippen molar-refractivity contribution in [3.63, 3.8) is 0 Å². The van der Waals surface area contributed by atoms with Crippen LogP contribution in [0.5, 0.6) is 0 Å². The zero-order valence-corrected chi connectivity index (χ0v) is 9.88. The van der Waals surface area contributed by atoms with Gasteiger partial charge in [0.05, 0.1) is 6.04 Å². The predicted octanol–water partition coefficient (Wildman–Crippen LogP) is 1.48. The van der Waals surface area contributed by atoms with Crippen molar-refractivity contribution in [2.75, 3.05) is 0 Å². The largest absolute Gasteiger partial charge is 0.347 e. The molecule has 1 aliphatic carbocycles. The van der Waals surface area contributed by atoms with Crippen LogP contribution in [-0.4, -0.2) is 23.8 Å². The summed E-state index contributed by atoms with van der Waals surface area (Å²) in [5, 5.41) is 2.62. The highest BCUT2D eigenvalue weighted by Crippen LogP contribution is 2.18. The Labute approximate surface area is 94.6 Å². The van der Waals surface area contributed by atoms with Crippen molar-refractivity contribution in [1.29, 1.82) is 0 Å². The quantitative estimate of drug-likeness (QED) is 0.686. The van der Waals surface area contributed by atoms with Crippen LogP contribution in [0.15, 0.2) is 0 Å². The first kappa shape index (κ1) is 14.1. The molecule has 0 saturated heterocycles. The summed E-state index contributed by atoms with van der Waals surface area (Å²) >= 11 is 0. The fourth-order valence-corrected chi connectivity index (χ4v) is 1.09. The number of hydrogen-bond acceptors (Lipinski definition) is 3. The van der Waals surface area contributed by atoms with E-state index in [1.807, 2.05) is 20.8 Å². The molecule has 1 fully saturated rings. The Bertz CT molecular complexity index is 222. The number of hydrogen-bond donors (Lipinski definition) is 2. The van der Waals surface area contributed by atoms with Crippen molar-refractivity contribution in [2.24, 2.45) is 5.73 Å². The molecule has 1 rings (SSSR count). The molecule has 0 aromatic heterocycles. The highest BCUT2D eigenvalue weighted by atomic mass is 16.2. The maximum absolute atomic E-state index is 11.3. The third-order valence-corrected chi connectivity index (χ3v) is 2.07. The normalized spacial score (nSPS) is 16.0. The van der Waals surface area contributed by atoms with E-state index in [-0.39, 0.29) is 8.90 Å². The van der Waals surface area contributed by atoms with E-state index in [1.165, 1.54) is 0 Å². The Morgan fingerprint density at radius 1 is 1.47 bits per heavy atom. The number of nitrogens with one attached hydrogen (secondary N) is 1. The van der Waals surface area contributed by atoms with Gasteiger partial charge in [0.25, 0.3) is 5.91 Å². The SMILES string of the molecule is CC.CCCC(N)C(=O)C(=O)NC1CC1.[HH].[HH]. The molecule has 0 spiro atoms. The van der Waals surface area contributed by atoms with Crippen molar-refractivity contribution >= 4 is 11.7 Å². The fraction of sp³-hybridized carbons (Fsp3) is 0.818. The first-order chi connectivity index (χ1) is 7.15. The molecule has 0 heterocycles. The summed E-state index contributed by atoms with van der Waals surface area (Å²) < 4.78 is 0. The molecule has 1 amide bonds. The number of ketones is 1. The molecule has 3 N–H and O–H groups in total. The number of amides is 1. The lowest BCUT2D eigenvalue weighted by Gasteiger charge is -2.08. The van der Waals surface area contributed by atoms with Crippen LogP contribution in [0.4, 0.5) is 0 Å². The second-order valence-corrected chi connectivity index (χ2v) is 3.51. The summed E-state index contributed by atoms with van der Waals surface area (Å²) in [7, 11) is 0. The molecule has 92 valence electrons. The molecule has 4 nitrogen and oxygen atoms in total. The van der Waals surface area contributed by atoms with E-state index in [0.29, 0.717) is 6.42 Å². The third-order valence-electron chi connectivity index (χ3n) is 2.07. The zero-order valence-electron chi connectivity index (χ0n) is 9.88. The van der Waals surface area contributed by atoms with Crippen LogP contribution in [0.2, 0.25) is 0 Å². The third kappa shape index (κ3) is 5.52. The highest BCUT2D eigenvalue weighted by molar-refractivity contribution is 6.38.